The van der Waals surface area contributed by atoms with Crippen LogP contribution in [0.4, 0.5) is 0 Å². The van der Waals surface area contributed by atoms with E-state index in [1.54, 1.807) is 0 Å². The van der Waals surface area contributed by atoms with Gasteiger partial charge in [0.15, 0.2) is 5.12 Å². The van der Waals surface area contributed by atoms with E-state index < -0.39 is 0 Å². The quantitative estimate of drug-likeness (QED) is 0.592. The fraction of sp³-hybridized carbons (Fsp3) is 0.909. The molecule has 0 bridgehead atoms. The molecule has 0 aromatic heterocycles. The van der Waals surface area contributed by atoms with E-state index in [1.165, 1.54) is 32.1 Å². The molecular formula is C11H22OS. The third-order valence-corrected chi connectivity index (χ3v) is 2.77. The zero-order valence-electron chi connectivity index (χ0n) is 8.88. The minimum Gasteiger partial charge on any atom is -0.288 e. The minimum absolute atomic E-state index is 0.0327. The predicted octanol–water partition coefficient (Wildman–Crippen LogP) is 3.83. The van der Waals surface area contributed by atoms with Gasteiger partial charge in [0.1, 0.15) is 0 Å². The molecule has 1 atom stereocenters. The molecule has 0 aromatic carbocycles. The normalized spacial score (nSPS) is 12.8. The Labute approximate surface area is 87.7 Å². The van der Waals surface area contributed by atoms with Crippen molar-refractivity contribution in [2.75, 3.05) is 0 Å². The molecule has 1 unspecified atom stereocenters. The molecule has 0 aliphatic rings. The van der Waals surface area contributed by atoms with Gasteiger partial charge in [-0.1, -0.05) is 46.0 Å². The molecular weight excluding hydrogens is 180 g/mol. The topological polar surface area (TPSA) is 17.1 Å². The minimum atomic E-state index is 0.0327. The summed E-state index contributed by atoms with van der Waals surface area (Å²) in [6.07, 6.45) is 8.04. The van der Waals surface area contributed by atoms with E-state index in [0.717, 1.165) is 12.3 Å². The summed E-state index contributed by atoms with van der Waals surface area (Å²) >= 11 is 3.76. The van der Waals surface area contributed by atoms with Crippen LogP contribution in [0, 0.1) is 5.92 Å². The second-order valence-corrected chi connectivity index (χ2v) is 4.20. The summed E-state index contributed by atoms with van der Waals surface area (Å²) in [6.45, 7) is 4.47. The summed E-state index contributed by atoms with van der Waals surface area (Å²) in [5.41, 5.74) is 0. The van der Waals surface area contributed by atoms with Crippen LogP contribution >= 0.6 is 12.6 Å². The lowest BCUT2D eigenvalue weighted by Crippen LogP contribution is -1.99. The van der Waals surface area contributed by atoms with Gasteiger partial charge in [0, 0.05) is 6.42 Å². The van der Waals surface area contributed by atoms with E-state index in [0.29, 0.717) is 6.42 Å². The highest BCUT2D eigenvalue weighted by atomic mass is 32.1. The molecule has 0 heterocycles. The Morgan fingerprint density at radius 1 is 1.23 bits per heavy atom. The van der Waals surface area contributed by atoms with Crippen molar-refractivity contribution < 1.29 is 4.79 Å². The Hall–Kier alpha value is 0.0200. The van der Waals surface area contributed by atoms with Gasteiger partial charge in [-0.15, -0.1) is 12.6 Å². The molecule has 0 aliphatic heterocycles. The van der Waals surface area contributed by atoms with Crippen LogP contribution < -0.4 is 0 Å². The van der Waals surface area contributed by atoms with E-state index >= 15 is 0 Å². The molecule has 0 rings (SSSR count). The van der Waals surface area contributed by atoms with Gasteiger partial charge in [-0.25, -0.2) is 0 Å². The summed E-state index contributed by atoms with van der Waals surface area (Å²) in [5, 5.41) is 0.0327. The Morgan fingerprint density at radius 2 is 1.85 bits per heavy atom. The smallest absolute Gasteiger partial charge is 0.185 e. The molecule has 0 radical (unpaired) electrons. The highest BCUT2D eigenvalue weighted by Crippen LogP contribution is 2.19. The molecule has 0 amide bonds. The Kier molecular flexibility index (Phi) is 8.62. The van der Waals surface area contributed by atoms with Crippen LogP contribution in [0.5, 0.6) is 0 Å². The molecule has 0 aromatic rings. The number of carbonyl (C=O) groups is 1. The van der Waals surface area contributed by atoms with E-state index in [4.69, 9.17) is 0 Å². The average Bonchev–Trinajstić information content (AvgIpc) is 2.10. The molecule has 2 heteroatoms. The summed E-state index contributed by atoms with van der Waals surface area (Å²) in [5.74, 6) is 0.827. The monoisotopic (exact) mass is 202 g/mol. The van der Waals surface area contributed by atoms with Crippen LogP contribution in [0.3, 0.4) is 0 Å². The summed E-state index contributed by atoms with van der Waals surface area (Å²) in [4.78, 5) is 10.6. The van der Waals surface area contributed by atoms with Gasteiger partial charge in [0.2, 0.25) is 0 Å². The van der Waals surface area contributed by atoms with Crippen molar-refractivity contribution in [2.24, 2.45) is 5.92 Å². The molecule has 13 heavy (non-hydrogen) atoms. The molecule has 0 saturated heterocycles. The number of hydrogen-bond donors (Lipinski definition) is 1. The van der Waals surface area contributed by atoms with Crippen molar-refractivity contribution in [3.05, 3.63) is 0 Å². The van der Waals surface area contributed by atoms with Gasteiger partial charge in [-0.3, -0.25) is 4.79 Å². The Bertz CT molecular complexity index is 134. The van der Waals surface area contributed by atoms with E-state index in [9.17, 15) is 4.79 Å². The standard InChI is InChI=1S/C11H22OS/c1-3-5-7-10(4-2)8-6-9-11(12)13/h10H,3-9H2,1-2H3,(H,12,13). The van der Waals surface area contributed by atoms with Crippen LogP contribution in [-0.4, -0.2) is 5.12 Å². The van der Waals surface area contributed by atoms with Crippen LogP contribution in [0.15, 0.2) is 0 Å². The lowest BCUT2D eigenvalue weighted by Gasteiger charge is -2.13. The van der Waals surface area contributed by atoms with Crippen LogP contribution in [0.1, 0.15) is 58.8 Å². The lowest BCUT2D eigenvalue weighted by molar-refractivity contribution is -0.110. The molecule has 0 fully saturated rings. The number of thiol groups is 1. The molecule has 0 saturated carbocycles. The van der Waals surface area contributed by atoms with Gasteiger partial charge < -0.3 is 0 Å². The first kappa shape index (κ1) is 13.0. The Balaban J connectivity index is 3.41. The third kappa shape index (κ3) is 8.35. The van der Waals surface area contributed by atoms with Gasteiger partial charge in [-0.05, 0) is 12.3 Å². The predicted molar refractivity (Wildman–Crippen MR) is 61.2 cm³/mol. The maximum absolute atomic E-state index is 10.6. The fourth-order valence-electron chi connectivity index (χ4n) is 1.59. The van der Waals surface area contributed by atoms with Crippen LogP contribution in [-0.2, 0) is 4.79 Å². The second-order valence-electron chi connectivity index (χ2n) is 3.70. The summed E-state index contributed by atoms with van der Waals surface area (Å²) in [7, 11) is 0. The number of unbranched alkanes of at least 4 members (excludes halogenated alkanes) is 1. The van der Waals surface area contributed by atoms with Crippen molar-refractivity contribution in [1.82, 2.24) is 0 Å². The van der Waals surface area contributed by atoms with Gasteiger partial charge in [0.05, 0.1) is 0 Å². The highest BCUT2D eigenvalue weighted by Gasteiger charge is 2.05. The van der Waals surface area contributed by atoms with Gasteiger partial charge >= 0.3 is 0 Å². The molecule has 78 valence electrons. The zero-order chi connectivity index (χ0) is 10.1. The SMILES string of the molecule is CCCCC(CC)CCCC(=O)S. The first-order valence-corrected chi connectivity index (χ1v) is 5.87. The number of carbonyl (C=O) groups excluding carboxylic acids is 1. The lowest BCUT2D eigenvalue weighted by atomic mass is 9.94. The molecule has 0 spiro atoms. The van der Waals surface area contributed by atoms with Crippen molar-refractivity contribution in [3.63, 3.8) is 0 Å². The molecule has 1 nitrogen and oxygen atoms in total. The second kappa shape index (κ2) is 8.61. The summed E-state index contributed by atoms with van der Waals surface area (Å²) in [6, 6.07) is 0. The average molecular weight is 202 g/mol. The van der Waals surface area contributed by atoms with Crippen molar-refractivity contribution in [3.8, 4) is 0 Å². The fourth-order valence-corrected chi connectivity index (χ4v) is 1.75. The third-order valence-electron chi connectivity index (χ3n) is 2.55. The molecule has 0 N–H and O–H groups in total. The van der Waals surface area contributed by atoms with E-state index in [-0.39, 0.29) is 5.12 Å². The maximum Gasteiger partial charge on any atom is 0.185 e. The van der Waals surface area contributed by atoms with Crippen molar-refractivity contribution in [1.29, 1.82) is 0 Å². The van der Waals surface area contributed by atoms with Crippen LogP contribution in [0.2, 0.25) is 0 Å². The molecule has 0 aliphatic carbocycles. The maximum atomic E-state index is 10.6. The van der Waals surface area contributed by atoms with E-state index in [1.807, 2.05) is 0 Å². The van der Waals surface area contributed by atoms with Gasteiger partial charge in [0.25, 0.3) is 0 Å². The summed E-state index contributed by atoms with van der Waals surface area (Å²) < 4.78 is 0. The van der Waals surface area contributed by atoms with Crippen molar-refractivity contribution >= 4 is 17.7 Å². The van der Waals surface area contributed by atoms with Crippen LogP contribution in [0.25, 0.3) is 0 Å². The Morgan fingerprint density at radius 3 is 2.31 bits per heavy atom. The van der Waals surface area contributed by atoms with Gasteiger partial charge in [-0.2, -0.15) is 0 Å². The first-order valence-electron chi connectivity index (χ1n) is 5.42. The van der Waals surface area contributed by atoms with E-state index in [2.05, 4.69) is 26.5 Å². The number of hydrogen-bond acceptors (Lipinski definition) is 1. The highest BCUT2D eigenvalue weighted by molar-refractivity contribution is 7.96. The largest absolute Gasteiger partial charge is 0.288 e. The first-order chi connectivity index (χ1) is 6.20. The van der Waals surface area contributed by atoms with Crippen molar-refractivity contribution in [2.45, 2.75) is 58.8 Å². The number of rotatable bonds is 8. The zero-order valence-corrected chi connectivity index (χ0v) is 9.78.